The molecular weight excluding hydrogens is 436 g/mol. The number of rotatable bonds is 30. The minimum Gasteiger partial charge on any atom is -0.300 e. The quantitative estimate of drug-likeness (QED) is 0.0704. The molecule has 1 heteroatoms. The van der Waals surface area contributed by atoms with Gasteiger partial charge in [0.25, 0.3) is 0 Å². The zero-order valence-corrected chi connectivity index (χ0v) is 25.0. The minimum atomic E-state index is 0.505. The fourth-order valence-electron chi connectivity index (χ4n) is 4.91. The first-order valence-corrected chi connectivity index (χ1v) is 16.6. The third-order valence-electron chi connectivity index (χ3n) is 7.43. The molecule has 0 aromatic rings. The summed E-state index contributed by atoms with van der Waals surface area (Å²) in [5, 5.41) is 0. The van der Waals surface area contributed by atoms with Gasteiger partial charge in [0, 0.05) is 12.8 Å². The van der Waals surface area contributed by atoms with Crippen LogP contribution < -0.4 is 0 Å². The van der Waals surface area contributed by atoms with Crippen LogP contribution in [0, 0.1) is 0 Å². The van der Waals surface area contributed by atoms with Crippen molar-refractivity contribution in [2.75, 3.05) is 0 Å². The molecule has 0 aliphatic carbocycles. The van der Waals surface area contributed by atoms with Crippen LogP contribution in [0.25, 0.3) is 0 Å². The molecule has 0 aromatic carbocycles. The van der Waals surface area contributed by atoms with E-state index in [0.29, 0.717) is 5.78 Å². The number of ketones is 1. The summed E-state index contributed by atoms with van der Waals surface area (Å²) in [6, 6.07) is 0. The van der Waals surface area contributed by atoms with Crippen molar-refractivity contribution >= 4 is 5.78 Å². The molecular formula is C35H66O. The Morgan fingerprint density at radius 3 is 0.917 bits per heavy atom. The lowest BCUT2D eigenvalue weighted by Crippen LogP contribution is -1.97. The van der Waals surface area contributed by atoms with Crippen molar-refractivity contribution in [2.45, 2.75) is 194 Å². The van der Waals surface area contributed by atoms with Crippen molar-refractivity contribution in [3.05, 3.63) is 24.3 Å². The SMILES string of the molecule is CCCCCCCC/C=C\CCCCCCCC(=O)CCCCCCC/C=C\CCCCCCCC. The summed E-state index contributed by atoms with van der Waals surface area (Å²) in [4.78, 5) is 12.1. The summed E-state index contributed by atoms with van der Waals surface area (Å²) in [7, 11) is 0. The molecule has 0 amide bonds. The zero-order chi connectivity index (χ0) is 26.2. The largest absolute Gasteiger partial charge is 0.300 e. The highest BCUT2D eigenvalue weighted by Crippen LogP contribution is 2.13. The molecule has 0 radical (unpaired) electrons. The van der Waals surface area contributed by atoms with Crippen molar-refractivity contribution in [1.29, 1.82) is 0 Å². The Labute approximate surface area is 228 Å². The molecule has 0 aliphatic rings. The predicted molar refractivity (Wildman–Crippen MR) is 164 cm³/mol. The second kappa shape index (κ2) is 32.2. The Morgan fingerprint density at radius 2 is 0.611 bits per heavy atom. The number of hydrogen-bond acceptors (Lipinski definition) is 1. The molecule has 36 heavy (non-hydrogen) atoms. The standard InChI is InChI=1S/C35H66O/c1-3-5-7-9-11-13-15-17-19-21-23-25-27-29-31-33-35(36)34-32-30-28-26-24-22-20-18-16-14-12-10-8-6-4-2/h17-20H,3-16,21-34H2,1-2H3/b19-17-,20-18-. The Morgan fingerprint density at radius 1 is 0.361 bits per heavy atom. The Kier molecular flexibility index (Phi) is 31.4. The van der Waals surface area contributed by atoms with Crippen LogP contribution in [0.2, 0.25) is 0 Å². The molecule has 0 saturated carbocycles. The molecule has 212 valence electrons. The number of carbonyl (C=O) groups excluding carboxylic acids is 1. The lowest BCUT2D eigenvalue weighted by atomic mass is 10.0. The highest BCUT2D eigenvalue weighted by atomic mass is 16.1. The van der Waals surface area contributed by atoms with Gasteiger partial charge in [-0.25, -0.2) is 0 Å². The summed E-state index contributed by atoms with van der Waals surface area (Å²) in [5.41, 5.74) is 0. The molecule has 1 nitrogen and oxygen atoms in total. The van der Waals surface area contributed by atoms with Crippen molar-refractivity contribution in [2.24, 2.45) is 0 Å². The molecule has 0 atom stereocenters. The summed E-state index contributed by atoms with van der Waals surface area (Å²) < 4.78 is 0. The smallest absolute Gasteiger partial charge is 0.132 e. The summed E-state index contributed by atoms with van der Waals surface area (Å²) in [6.45, 7) is 4.56. The molecule has 0 unspecified atom stereocenters. The first-order chi connectivity index (χ1) is 17.8. The minimum absolute atomic E-state index is 0.505. The molecule has 0 saturated heterocycles. The third-order valence-corrected chi connectivity index (χ3v) is 7.43. The van der Waals surface area contributed by atoms with Crippen molar-refractivity contribution < 1.29 is 4.79 Å². The molecule has 0 rings (SSSR count). The Bertz CT molecular complexity index is 433. The van der Waals surface area contributed by atoms with Gasteiger partial charge in [-0.2, -0.15) is 0 Å². The summed E-state index contributed by atoms with van der Waals surface area (Å²) in [5.74, 6) is 0.505. The highest BCUT2D eigenvalue weighted by Gasteiger charge is 2.02. The van der Waals surface area contributed by atoms with Crippen LogP contribution >= 0.6 is 0 Å². The second-order valence-electron chi connectivity index (χ2n) is 11.2. The number of allylic oxidation sites excluding steroid dienone is 4. The maximum atomic E-state index is 12.1. The van der Waals surface area contributed by atoms with Crippen LogP contribution in [-0.4, -0.2) is 5.78 Å². The highest BCUT2D eigenvalue weighted by molar-refractivity contribution is 5.78. The molecule has 0 fully saturated rings. The van der Waals surface area contributed by atoms with Gasteiger partial charge in [0.05, 0.1) is 0 Å². The van der Waals surface area contributed by atoms with E-state index in [-0.39, 0.29) is 0 Å². The van der Waals surface area contributed by atoms with Gasteiger partial charge >= 0.3 is 0 Å². The van der Waals surface area contributed by atoms with Gasteiger partial charge in [-0.15, -0.1) is 0 Å². The molecule has 0 N–H and O–H groups in total. The number of hydrogen-bond donors (Lipinski definition) is 0. The predicted octanol–water partition coefficient (Wildman–Crippen LogP) is 12.6. The lowest BCUT2D eigenvalue weighted by Gasteiger charge is -2.03. The lowest BCUT2D eigenvalue weighted by molar-refractivity contribution is -0.119. The van der Waals surface area contributed by atoms with Gasteiger partial charge in [0.2, 0.25) is 0 Å². The Balaban J connectivity index is 3.24. The Hall–Kier alpha value is -0.850. The second-order valence-corrected chi connectivity index (χ2v) is 11.2. The van der Waals surface area contributed by atoms with Crippen LogP contribution in [-0.2, 0) is 4.79 Å². The van der Waals surface area contributed by atoms with E-state index in [1.807, 2.05) is 0 Å². The van der Waals surface area contributed by atoms with Crippen molar-refractivity contribution in [1.82, 2.24) is 0 Å². The van der Waals surface area contributed by atoms with Crippen LogP contribution in [0.5, 0.6) is 0 Å². The number of Topliss-reactive ketones (excluding diaryl/α,β-unsaturated/α-hetero) is 1. The van der Waals surface area contributed by atoms with Gasteiger partial charge in [-0.3, -0.25) is 4.79 Å². The fraction of sp³-hybridized carbons (Fsp3) is 0.857. The molecule has 0 aromatic heterocycles. The van der Waals surface area contributed by atoms with E-state index in [2.05, 4.69) is 38.2 Å². The maximum Gasteiger partial charge on any atom is 0.132 e. The van der Waals surface area contributed by atoms with Crippen LogP contribution in [0.15, 0.2) is 24.3 Å². The van der Waals surface area contributed by atoms with Gasteiger partial charge in [-0.05, 0) is 64.2 Å². The molecule has 0 aliphatic heterocycles. The van der Waals surface area contributed by atoms with Gasteiger partial charge in [0.1, 0.15) is 5.78 Å². The van der Waals surface area contributed by atoms with Crippen molar-refractivity contribution in [3.63, 3.8) is 0 Å². The average Bonchev–Trinajstić information content (AvgIpc) is 2.88. The van der Waals surface area contributed by atoms with E-state index in [1.165, 1.54) is 154 Å². The third kappa shape index (κ3) is 31.2. The molecule has 0 heterocycles. The van der Waals surface area contributed by atoms with E-state index in [1.54, 1.807) is 0 Å². The zero-order valence-electron chi connectivity index (χ0n) is 25.0. The summed E-state index contributed by atoms with van der Waals surface area (Å²) >= 11 is 0. The van der Waals surface area contributed by atoms with Crippen LogP contribution in [0.4, 0.5) is 0 Å². The topological polar surface area (TPSA) is 17.1 Å². The van der Waals surface area contributed by atoms with Gasteiger partial charge < -0.3 is 0 Å². The van der Waals surface area contributed by atoms with Crippen LogP contribution in [0.3, 0.4) is 0 Å². The number of unbranched alkanes of at least 4 members (excludes halogenated alkanes) is 22. The van der Waals surface area contributed by atoms with Gasteiger partial charge in [0.15, 0.2) is 0 Å². The first-order valence-electron chi connectivity index (χ1n) is 16.6. The van der Waals surface area contributed by atoms with E-state index in [0.717, 1.165) is 25.7 Å². The van der Waals surface area contributed by atoms with Crippen molar-refractivity contribution in [3.8, 4) is 0 Å². The maximum absolute atomic E-state index is 12.1. The number of carbonyl (C=O) groups is 1. The normalized spacial score (nSPS) is 11.8. The monoisotopic (exact) mass is 503 g/mol. The fourth-order valence-corrected chi connectivity index (χ4v) is 4.91. The average molecular weight is 503 g/mol. The van der Waals surface area contributed by atoms with E-state index < -0.39 is 0 Å². The van der Waals surface area contributed by atoms with Crippen LogP contribution in [0.1, 0.15) is 194 Å². The van der Waals surface area contributed by atoms with E-state index >= 15 is 0 Å². The molecule has 0 bridgehead atoms. The van der Waals surface area contributed by atoms with Gasteiger partial charge in [-0.1, -0.05) is 141 Å². The summed E-state index contributed by atoms with van der Waals surface area (Å²) in [6.07, 6.45) is 45.5. The first kappa shape index (κ1) is 35.2. The van der Waals surface area contributed by atoms with E-state index in [4.69, 9.17) is 0 Å². The molecule has 0 spiro atoms. The van der Waals surface area contributed by atoms with E-state index in [9.17, 15) is 4.79 Å².